The molecule has 15 heavy (non-hydrogen) atoms. The van der Waals surface area contributed by atoms with Gasteiger partial charge in [0, 0.05) is 12.1 Å². The van der Waals surface area contributed by atoms with E-state index < -0.39 is 0 Å². The van der Waals surface area contributed by atoms with Crippen molar-refractivity contribution in [3.8, 4) is 6.07 Å². The normalized spacial score (nSPS) is 41.3. The second-order valence-electron chi connectivity index (χ2n) is 5.31. The number of nitrogens with zero attached hydrogens (tertiary/aromatic N) is 1. The highest BCUT2D eigenvalue weighted by molar-refractivity contribution is 4.98. The first-order valence-electron chi connectivity index (χ1n) is 6.47. The van der Waals surface area contributed by atoms with Crippen LogP contribution in [0.15, 0.2) is 0 Å². The first kappa shape index (κ1) is 11.0. The summed E-state index contributed by atoms with van der Waals surface area (Å²) in [4.78, 5) is 0. The van der Waals surface area contributed by atoms with Crippen molar-refractivity contribution in [3.63, 3.8) is 0 Å². The minimum atomic E-state index is 0.277. The average molecular weight is 206 g/mol. The fourth-order valence-corrected chi connectivity index (χ4v) is 3.15. The van der Waals surface area contributed by atoms with Gasteiger partial charge >= 0.3 is 0 Å². The lowest BCUT2D eigenvalue weighted by molar-refractivity contribution is 0.249. The maximum absolute atomic E-state index is 9.04. The topological polar surface area (TPSA) is 35.8 Å². The Labute approximate surface area is 93.0 Å². The summed E-state index contributed by atoms with van der Waals surface area (Å²) < 4.78 is 0. The molecule has 2 saturated carbocycles. The average Bonchev–Trinajstić information content (AvgIpc) is 2.69. The van der Waals surface area contributed by atoms with Crippen LogP contribution in [-0.4, -0.2) is 12.1 Å². The third-order valence-electron chi connectivity index (χ3n) is 4.22. The SMILES string of the molecule is CC1CCCCC1NC1CCCC1C#N. The molecule has 2 nitrogen and oxygen atoms in total. The molecule has 2 heteroatoms. The van der Waals surface area contributed by atoms with E-state index in [1.165, 1.54) is 38.5 Å². The van der Waals surface area contributed by atoms with E-state index in [0.717, 1.165) is 12.3 Å². The van der Waals surface area contributed by atoms with Crippen molar-refractivity contribution in [2.75, 3.05) is 0 Å². The van der Waals surface area contributed by atoms with Gasteiger partial charge in [0.1, 0.15) is 0 Å². The maximum atomic E-state index is 9.04. The molecule has 2 fully saturated rings. The van der Waals surface area contributed by atoms with E-state index in [1.54, 1.807) is 0 Å². The monoisotopic (exact) mass is 206 g/mol. The van der Waals surface area contributed by atoms with Gasteiger partial charge in [-0.1, -0.05) is 26.2 Å². The number of hydrogen-bond donors (Lipinski definition) is 1. The van der Waals surface area contributed by atoms with Crippen molar-refractivity contribution in [2.24, 2.45) is 11.8 Å². The second kappa shape index (κ2) is 4.99. The maximum Gasteiger partial charge on any atom is 0.0672 e. The summed E-state index contributed by atoms with van der Waals surface area (Å²) in [6, 6.07) is 3.62. The molecule has 2 aliphatic carbocycles. The lowest BCUT2D eigenvalue weighted by Crippen LogP contribution is -2.44. The van der Waals surface area contributed by atoms with Gasteiger partial charge in [-0.2, -0.15) is 5.26 Å². The Morgan fingerprint density at radius 1 is 1.00 bits per heavy atom. The van der Waals surface area contributed by atoms with Crippen LogP contribution in [0.2, 0.25) is 0 Å². The Morgan fingerprint density at radius 3 is 2.47 bits per heavy atom. The number of nitriles is 1. The van der Waals surface area contributed by atoms with Crippen LogP contribution in [0.25, 0.3) is 0 Å². The van der Waals surface area contributed by atoms with Crippen LogP contribution in [-0.2, 0) is 0 Å². The summed E-state index contributed by atoms with van der Waals surface area (Å²) in [6.07, 6.45) is 8.99. The van der Waals surface area contributed by atoms with Crippen molar-refractivity contribution in [1.29, 1.82) is 5.26 Å². The van der Waals surface area contributed by atoms with E-state index in [9.17, 15) is 0 Å². The van der Waals surface area contributed by atoms with E-state index in [-0.39, 0.29) is 5.92 Å². The third kappa shape index (κ3) is 2.52. The molecule has 4 unspecified atom stereocenters. The molecule has 0 spiro atoms. The number of nitrogens with one attached hydrogen (secondary N) is 1. The molecule has 2 rings (SSSR count). The lowest BCUT2D eigenvalue weighted by atomic mass is 9.85. The van der Waals surface area contributed by atoms with Crippen LogP contribution in [0.5, 0.6) is 0 Å². The molecule has 4 atom stereocenters. The lowest BCUT2D eigenvalue weighted by Gasteiger charge is -2.33. The van der Waals surface area contributed by atoms with Crippen molar-refractivity contribution >= 4 is 0 Å². The molecule has 2 aliphatic rings. The molecule has 0 aliphatic heterocycles. The molecule has 1 N–H and O–H groups in total. The van der Waals surface area contributed by atoms with Gasteiger partial charge in [0.2, 0.25) is 0 Å². The highest BCUT2D eigenvalue weighted by Gasteiger charge is 2.31. The fraction of sp³-hybridized carbons (Fsp3) is 0.923. The Hall–Kier alpha value is -0.550. The quantitative estimate of drug-likeness (QED) is 0.754. The van der Waals surface area contributed by atoms with Crippen LogP contribution in [0.1, 0.15) is 51.9 Å². The molecular weight excluding hydrogens is 184 g/mol. The second-order valence-corrected chi connectivity index (χ2v) is 5.31. The smallest absolute Gasteiger partial charge is 0.0672 e. The molecule has 0 heterocycles. The van der Waals surface area contributed by atoms with Gasteiger partial charge in [-0.15, -0.1) is 0 Å². The zero-order valence-electron chi connectivity index (χ0n) is 9.71. The van der Waals surface area contributed by atoms with Crippen molar-refractivity contribution < 1.29 is 0 Å². The third-order valence-corrected chi connectivity index (χ3v) is 4.22. The highest BCUT2D eigenvalue weighted by Crippen LogP contribution is 2.29. The number of hydrogen-bond acceptors (Lipinski definition) is 2. The minimum absolute atomic E-state index is 0.277. The van der Waals surface area contributed by atoms with Crippen LogP contribution >= 0.6 is 0 Å². The molecule has 0 aromatic rings. The van der Waals surface area contributed by atoms with Gasteiger partial charge in [-0.25, -0.2) is 0 Å². The summed E-state index contributed by atoms with van der Waals surface area (Å²) in [5.74, 6) is 1.08. The van der Waals surface area contributed by atoms with Crippen LogP contribution < -0.4 is 5.32 Å². The van der Waals surface area contributed by atoms with Gasteiger partial charge in [-0.3, -0.25) is 0 Å². The van der Waals surface area contributed by atoms with Crippen molar-refractivity contribution in [1.82, 2.24) is 5.32 Å². The predicted molar refractivity (Wildman–Crippen MR) is 61.3 cm³/mol. The van der Waals surface area contributed by atoms with Gasteiger partial charge in [0.15, 0.2) is 0 Å². The Kier molecular flexibility index (Phi) is 3.64. The van der Waals surface area contributed by atoms with Crippen LogP contribution in [0.4, 0.5) is 0 Å². The van der Waals surface area contributed by atoms with Crippen LogP contribution in [0, 0.1) is 23.2 Å². The summed E-state index contributed by atoms with van der Waals surface area (Å²) in [6.45, 7) is 2.35. The van der Waals surface area contributed by atoms with Gasteiger partial charge in [0.25, 0.3) is 0 Å². The summed E-state index contributed by atoms with van der Waals surface area (Å²) >= 11 is 0. The Balaban J connectivity index is 1.87. The largest absolute Gasteiger partial charge is 0.310 e. The molecule has 84 valence electrons. The molecule has 0 aromatic carbocycles. The molecule has 0 amide bonds. The van der Waals surface area contributed by atoms with Crippen molar-refractivity contribution in [2.45, 2.75) is 64.0 Å². The minimum Gasteiger partial charge on any atom is -0.310 e. The molecule has 0 saturated heterocycles. The fourth-order valence-electron chi connectivity index (χ4n) is 3.15. The Bertz CT molecular complexity index is 243. The van der Waals surface area contributed by atoms with E-state index in [0.29, 0.717) is 12.1 Å². The first-order valence-corrected chi connectivity index (χ1v) is 6.47. The van der Waals surface area contributed by atoms with E-state index in [1.807, 2.05) is 0 Å². The van der Waals surface area contributed by atoms with E-state index >= 15 is 0 Å². The van der Waals surface area contributed by atoms with Gasteiger partial charge in [0.05, 0.1) is 12.0 Å². The molecule has 0 bridgehead atoms. The Morgan fingerprint density at radius 2 is 1.73 bits per heavy atom. The predicted octanol–water partition coefficient (Wildman–Crippen LogP) is 2.85. The zero-order valence-corrected chi connectivity index (χ0v) is 9.71. The highest BCUT2D eigenvalue weighted by atomic mass is 15.0. The molecule has 0 radical (unpaired) electrons. The molecule has 0 aromatic heterocycles. The summed E-state index contributed by atoms with van der Waals surface area (Å²) in [7, 11) is 0. The van der Waals surface area contributed by atoms with Crippen LogP contribution in [0.3, 0.4) is 0 Å². The van der Waals surface area contributed by atoms with E-state index in [2.05, 4.69) is 18.3 Å². The van der Waals surface area contributed by atoms with Gasteiger partial charge in [-0.05, 0) is 31.6 Å². The zero-order chi connectivity index (χ0) is 10.7. The van der Waals surface area contributed by atoms with Crippen molar-refractivity contribution in [3.05, 3.63) is 0 Å². The summed E-state index contributed by atoms with van der Waals surface area (Å²) in [5.41, 5.74) is 0. The van der Waals surface area contributed by atoms with Gasteiger partial charge < -0.3 is 5.32 Å². The molecular formula is C13H22N2. The summed E-state index contributed by atoms with van der Waals surface area (Å²) in [5, 5.41) is 12.8. The standard InChI is InChI=1S/C13H22N2/c1-10-5-2-3-7-12(10)15-13-8-4-6-11(13)9-14/h10-13,15H,2-8H2,1H3. The first-order chi connectivity index (χ1) is 7.31. The number of rotatable bonds is 2. The van der Waals surface area contributed by atoms with E-state index in [4.69, 9.17) is 5.26 Å².